The van der Waals surface area contributed by atoms with Crippen LogP contribution in [0.25, 0.3) is 0 Å². The van der Waals surface area contributed by atoms with Crippen LogP contribution >= 0.6 is 0 Å². The molecular weight excluding hydrogens is 146 g/mol. The van der Waals surface area contributed by atoms with Crippen molar-refractivity contribution in [1.82, 2.24) is 5.32 Å². The molecule has 1 aliphatic rings. The van der Waals surface area contributed by atoms with Crippen molar-refractivity contribution in [2.45, 2.75) is 40.5 Å². The molecule has 0 amide bonds. The van der Waals surface area contributed by atoms with Crippen molar-refractivity contribution in [3.63, 3.8) is 0 Å². The van der Waals surface area contributed by atoms with E-state index in [1.807, 2.05) is 0 Å². The molecule has 1 N–H and O–H groups in total. The topological polar surface area (TPSA) is 12.0 Å². The standard InChI is InChI=1S/C11H23N/c1-9(10-5-6-10)7-12-8-11(2,3)4/h9-10,12H,5-8H2,1-4H3. The van der Waals surface area contributed by atoms with Gasteiger partial charge in [-0.1, -0.05) is 27.7 Å². The summed E-state index contributed by atoms with van der Waals surface area (Å²) >= 11 is 0. The van der Waals surface area contributed by atoms with Gasteiger partial charge in [-0.3, -0.25) is 0 Å². The van der Waals surface area contributed by atoms with Crippen molar-refractivity contribution in [3.05, 3.63) is 0 Å². The van der Waals surface area contributed by atoms with Gasteiger partial charge in [0, 0.05) is 0 Å². The van der Waals surface area contributed by atoms with E-state index in [9.17, 15) is 0 Å². The van der Waals surface area contributed by atoms with Gasteiger partial charge in [-0.05, 0) is 43.2 Å². The number of hydrogen-bond acceptors (Lipinski definition) is 1. The molecular formula is C11H23N. The third kappa shape index (κ3) is 4.10. The average Bonchev–Trinajstić information content (AvgIpc) is 2.64. The summed E-state index contributed by atoms with van der Waals surface area (Å²) < 4.78 is 0. The smallest absolute Gasteiger partial charge is 0.000000944 e. The summed E-state index contributed by atoms with van der Waals surface area (Å²) in [4.78, 5) is 0. The Morgan fingerprint density at radius 1 is 1.33 bits per heavy atom. The summed E-state index contributed by atoms with van der Waals surface area (Å²) in [6.45, 7) is 11.6. The monoisotopic (exact) mass is 169 g/mol. The molecule has 0 heterocycles. The highest BCUT2D eigenvalue weighted by atomic mass is 14.9. The Kier molecular flexibility index (Phi) is 3.16. The van der Waals surface area contributed by atoms with Gasteiger partial charge >= 0.3 is 0 Å². The van der Waals surface area contributed by atoms with Crippen molar-refractivity contribution >= 4 is 0 Å². The van der Waals surface area contributed by atoms with Crippen molar-refractivity contribution in [2.24, 2.45) is 17.3 Å². The van der Waals surface area contributed by atoms with Crippen LogP contribution in [-0.4, -0.2) is 13.1 Å². The van der Waals surface area contributed by atoms with Crippen molar-refractivity contribution in [1.29, 1.82) is 0 Å². The molecule has 1 rings (SSSR count). The maximum absolute atomic E-state index is 3.55. The zero-order valence-electron chi connectivity index (χ0n) is 8.98. The zero-order chi connectivity index (χ0) is 9.19. The molecule has 0 saturated heterocycles. The molecule has 0 aromatic rings. The first-order valence-electron chi connectivity index (χ1n) is 5.20. The van der Waals surface area contributed by atoms with Crippen molar-refractivity contribution in [3.8, 4) is 0 Å². The van der Waals surface area contributed by atoms with E-state index in [-0.39, 0.29) is 0 Å². The summed E-state index contributed by atoms with van der Waals surface area (Å²) in [6.07, 6.45) is 2.94. The SMILES string of the molecule is CC(CNCC(C)(C)C)C1CC1. The van der Waals surface area contributed by atoms with Crippen LogP contribution in [0.3, 0.4) is 0 Å². The first-order valence-corrected chi connectivity index (χ1v) is 5.20. The normalized spacial score (nSPS) is 21.0. The van der Waals surface area contributed by atoms with E-state index in [0.29, 0.717) is 5.41 Å². The van der Waals surface area contributed by atoms with E-state index in [1.54, 1.807) is 0 Å². The van der Waals surface area contributed by atoms with Gasteiger partial charge < -0.3 is 5.32 Å². The van der Waals surface area contributed by atoms with Gasteiger partial charge in [0.25, 0.3) is 0 Å². The van der Waals surface area contributed by atoms with Gasteiger partial charge in [0.05, 0.1) is 0 Å². The molecule has 0 radical (unpaired) electrons. The fraction of sp³-hybridized carbons (Fsp3) is 1.00. The Morgan fingerprint density at radius 2 is 1.92 bits per heavy atom. The quantitative estimate of drug-likeness (QED) is 0.682. The average molecular weight is 169 g/mol. The minimum Gasteiger partial charge on any atom is -0.316 e. The van der Waals surface area contributed by atoms with Gasteiger partial charge in [-0.2, -0.15) is 0 Å². The molecule has 12 heavy (non-hydrogen) atoms. The fourth-order valence-corrected chi connectivity index (χ4v) is 1.51. The highest BCUT2D eigenvalue weighted by Gasteiger charge is 2.27. The molecule has 0 aromatic heterocycles. The van der Waals surface area contributed by atoms with Crippen LogP contribution in [0.4, 0.5) is 0 Å². The highest BCUT2D eigenvalue weighted by Crippen LogP contribution is 2.36. The summed E-state index contributed by atoms with van der Waals surface area (Å²) in [5.74, 6) is 1.94. The maximum atomic E-state index is 3.55. The van der Waals surface area contributed by atoms with Crippen LogP contribution in [-0.2, 0) is 0 Å². The predicted molar refractivity (Wildman–Crippen MR) is 54.2 cm³/mol. The molecule has 1 saturated carbocycles. The van der Waals surface area contributed by atoms with Crippen LogP contribution in [0.1, 0.15) is 40.5 Å². The first-order chi connectivity index (χ1) is 5.49. The summed E-state index contributed by atoms with van der Waals surface area (Å²) in [5, 5.41) is 3.55. The largest absolute Gasteiger partial charge is 0.316 e. The fourth-order valence-electron chi connectivity index (χ4n) is 1.51. The lowest BCUT2D eigenvalue weighted by molar-refractivity contribution is 0.354. The molecule has 0 aromatic carbocycles. The second kappa shape index (κ2) is 3.78. The predicted octanol–water partition coefficient (Wildman–Crippen LogP) is 2.67. The summed E-state index contributed by atoms with van der Waals surface area (Å²) in [5.41, 5.74) is 0.434. The first kappa shape index (κ1) is 10.0. The van der Waals surface area contributed by atoms with Gasteiger partial charge in [0.1, 0.15) is 0 Å². The van der Waals surface area contributed by atoms with Crippen LogP contribution in [0.2, 0.25) is 0 Å². The van der Waals surface area contributed by atoms with Crippen LogP contribution in [0.5, 0.6) is 0 Å². The third-order valence-corrected chi connectivity index (χ3v) is 2.55. The van der Waals surface area contributed by atoms with Crippen molar-refractivity contribution < 1.29 is 0 Å². The molecule has 1 atom stereocenters. The molecule has 0 bridgehead atoms. The van der Waals surface area contributed by atoms with Crippen LogP contribution < -0.4 is 5.32 Å². The van der Waals surface area contributed by atoms with E-state index in [1.165, 1.54) is 19.4 Å². The Balaban J connectivity index is 2.01. The molecule has 0 aliphatic heterocycles. The second-order valence-corrected chi connectivity index (χ2v) is 5.51. The lowest BCUT2D eigenvalue weighted by Gasteiger charge is -2.20. The Bertz CT molecular complexity index is 130. The molecule has 1 fully saturated rings. The lowest BCUT2D eigenvalue weighted by atomic mass is 9.96. The molecule has 1 nitrogen and oxygen atoms in total. The highest BCUT2D eigenvalue weighted by molar-refractivity contribution is 4.80. The molecule has 1 heteroatoms. The number of nitrogens with one attached hydrogen (secondary N) is 1. The Hall–Kier alpha value is -0.0400. The second-order valence-electron chi connectivity index (χ2n) is 5.51. The van der Waals surface area contributed by atoms with E-state index in [2.05, 4.69) is 33.0 Å². The zero-order valence-corrected chi connectivity index (χ0v) is 8.98. The lowest BCUT2D eigenvalue weighted by Crippen LogP contribution is -2.30. The number of rotatable bonds is 4. The van der Waals surface area contributed by atoms with Gasteiger partial charge in [-0.25, -0.2) is 0 Å². The summed E-state index contributed by atoms with van der Waals surface area (Å²) in [6, 6.07) is 0. The Labute approximate surface area is 76.9 Å². The third-order valence-electron chi connectivity index (χ3n) is 2.55. The molecule has 72 valence electrons. The maximum Gasteiger partial charge on any atom is -0.000000944 e. The van der Waals surface area contributed by atoms with E-state index in [4.69, 9.17) is 0 Å². The van der Waals surface area contributed by atoms with E-state index >= 15 is 0 Å². The minimum absolute atomic E-state index is 0.434. The van der Waals surface area contributed by atoms with E-state index < -0.39 is 0 Å². The number of hydrogen-bond donors (Lipinski definition) is 1. The van der Waals surface area contributed by atoms with Crippen LogP contribution in [0, 0.1) is 17.3 Å². The van der Waals surface area contributed by atoms with Gasteiger partial charge in [0.2, 0.25) is 0 Å². The van der Waals surface area contributed by atoms with Gasteiger partial charge in [0.15, 0.2) is 0 Å². The van der Waals surface area contributed by atoms with Gasteiger partial charge in [-0.15, -0.1) is 0 Å². The molecule has 1 aliphatic carbocycles. The van der Waals surface area contributed by atoms with Crippen LogP contribution in [0.15, 0.2) is 0 Å². The van der Waals surface area contributed by atoms with Crippen molar-refractivity contribution in [2.75, 3.05) is 13.1 Å². The summed E-state index contributed by atoms with van der Waals surface area (Å²) in [7, 11) is 0. The van der Waals surface area contributed by atoms with E-state index in [0.717, 1.165) is 18.4 Å². The molecule has 0 spiro atoms. The molecule has 1 unspecified atom stereocenters. The Morgan fingerprint density at radius 3 is 2.33 bits per heavy atom. The minimum atomic E-state index is 0.434.